The van der Waals surface area contributed by atoms with Crippen molar-refractivity contribution in [3.63, 3.8) is 0 Å². The molecule has 0 spiro atoms. The Bertz CT molecular complexity index is 1170. The van der Waals surface area contributed by atoms with Crippen LogP contribution in [-0.2, 0) is 13.0 Å². The molecule has 1 aromatic heterocycles. The zero-order chi connectivity index (χ0) is 21.5. The first-order chi connectivity index (χ1) is 15.0. The second-order valence-corrected chi connectivity index (χ2v) is 8.32. The number of hydrogen-bond donors (Lipinski definition) is 1. The van der Waals surface area contributed by atoms with Gasteiger partial charge in [-0.25, -0.2) is 4.39 Å². The number of nitrogens with one attached hydrogen (secondary N) is 1. The van der Waals surface area contributed by atoms with Crippen LogP contribution in [0.1, 0.15) is 32.4 Å². The Hall–Kier alpha value is -3.55. The van der Waals surface area contributed by atoms with Gasteiger partial charge in [-0.05, 0) is 49.1 Å². The van der Waals surface area contributed by atoms with E-state index < -0.39 is 11.7 Å². The van der Waals surface area contributed by atoms with E-state index in [0.717, 1.165) is 11.4 Å². The highest BCUT2D eigenvalue weighted by Crippen LogP contribution is 2.33. The van der Waals surface area contributed by atoms with Gasteiger partial charge in [-0.15, -0.1) is 10.2 Å². The zero-order valence-corrected chi connectivity index (χ0v) is 17.1. The summed E-state index contributed by atoms with van der Waals surface area (Å²) in [7, 11) is 0. The normalized spacial score (nSPS) is 19.6. The van der Waals surface area contributed by atoms with Crippen LogP contribution < -0.4 is 5.32 Å². The molecule has 5 rings (SSSR count). The number of likely N-dealkylation sites (tertiary alicyclic amines) is 1. The average molecular weight is 419 g/mol. The third-order valence-corrected chi connectivity index (χ3v) is 6.10. The van der Waals surface area contributed by atoms with E-state index in [9.17, 15) is 14.0 Å². The molecule has 2 aliphatic heterocycles. The molecule has 0 saturated carbocycles. The fourth-order valence-corrected chi connectivity index (χ4v) is 4.57. The molecule has 1 saturated heterocycles. The number of hydrogen-bond acceptors (Lipinski definition) is 4. The van der Waals surface area contributed by atoms with E-state index in [1.165, 1.54) is 18.2 Å². The molecule has 8 heteroatoms. The Kier molecular flexibility index (Phi) is 4.77. The Morgan fingerprint density at radius 1 is 1.03 bits per heavy atom. The highest BCUT2D eigenvalue weighted by Gasteiger charge is 2.40. The minimum atomic E-state index is -0.423. The fourth-order valence-electron chi connectivity index (χ4n) is 4.57. The summed E-state index contributed by atoms with van der Waals surface area (Å²) in [5, 5.41) is 11.0. The van der Waals surface area contributed by atoms with Gasteiger partial charge in [-0.2, -0.15) is 0 Å². The monoisotopic (exact) mass is 419 g/mol. The molecule has 0 aliphatic carbocycles. The largest absolute Gasteiger partial charge is 0.338 e. The van der Waals surface area contributed by atoms with E-state index in [1.54, 1.807) is 6.07 Å². The second-order valence-electron chi connectivity index (χ2n) is 8.32. The maximum absolute atomic E-state index is 13.4. The number of aryl methyl sites for hydroxylation is 1. The van der Waals surface area contributed by atoms with Crippen LogP contribution in [0.3, 0.4) is 0 Å². The van der Waals surface area contributed by atoms with E-state index in [-0.39, 0.29) is 17.6 Å². The predicted octanol–water partition coefficient (Wildman–Crippen LogP) is 2.92. The summed E-state index contributed by atoms with van der Waals surface area (Å²) in [4.78, 5) is 27.6. The lowest BCUT2D eigenvalue weighted by Gasteiger charge is -2.25. The lowest BCUT2D eigenvalue weighted by Crippen LogP contribution is -2.31. The van der Waals surface area contributed by atoms with Gasteiger partial charge in [0, 0.05) is 37.3 Å². The molecule has 158 valence electrons. The molecule has 0 bridgehead atoms. The van der Waals surface area contributed by atoms with Gasteiger partial charge in [0.05, 0.1) is 0 Å². The summed E-state index contributed by atoms with van der Waals surface area (Å²) in [6.07, 6.45) is 0.669. The molecular weight excluding hydrogens is 397 g/mol. The first-order valence-electron chi connectivity index (χ1n) is 10.3. The van der Waals surface area contributed by atoms with Gasteiger partial charge in [0.1, 0.15) is 11.6 Å². The second kappa shape index (κ2) is 7.61. The lowest BCUT2D eigenvalue weighted by molar-refractivity contribution is 0.0783. The predicted molar refractivity (Wildman–Crippen MR) is 112 cm³/mol. The third kappa shape index (κ3) is 3.69. The average Bonchev–Trinajstić information content (AvgIpc) is 3.34. The minimum Gasteiger partial charge on any atom is -0.338 e. The molecular formula is C23H22FN5O2. The van der Waals surface area contributed by atoms with Crippen LogP contribution in [0.15, 0.2) is 48.5 Å². The molecule has 2 aliphatic rings. The van der Waals surface area contributed by atoms with Crippen LogP contribution in [0.25, 0.3) is 0 Å². The molecule has 3 heterocycles. The number of nitrogens with zero attached hydrogens (tertiary/aromatic N) is 4. The van der Waals surface area contributed by atoms with Crippen LogP contribution >= 0.6 is 0 Å². The number of carbonyl (C=O) groups excluding carboxylic acids is 2. The fraction of sp³-hybridized carbons (Fsp3) is 0.304. The zero-order valence-electron chi connectivity index (χ0n) is 17.1. The van der Waals surface area contributed by atoms with Crippen molar-refractivity contribution in [1.82, 2.24) is 19.7 Å². The standard InChI is InChI=1S/C23H22FN5O2/c1-14-4-2-5-15(8-14)23(31)28-11-16-9-20-26-27-21(29(20)13-17(16)12-28)22(30)25-19-7-3-6-18(24)10-19/h2-8,10,16-17H,9,11-13H2,1H3,(H,25,30)/t16-,17+/m1/s1. The van der Waals surface area contributed by atoms with Crippen LogP contribution in [0, 0.1) is 24.6 Å². The third-order valence-electron chi connectivity index (χ3n) is 6.10. The minimum absolute atomic E-state index is 0.0398. The number of amides is 2. The molecule has 31 heavy (non-hydrogen) atoms. The SMILES string of the molecule is Cc1cccc(C(=O)N2C[C@H]3Cc4nnc(C(=O)Nc5cccc(F)c5)n4C[C@@H]3C2)c1. The first kappa shape index (κ1) is 19.4. The summed E-state index contributed by atoms with van der Waals surface area (Å²) in [5.41, 5.74) is 2.13. The number of anilines is 1. The number of fused-ring (bicyclic) bond motifs is 2. The molecule has 2 atom stereocenters. The number of benzene rings is 2. The quantitative estimate of drug-likeness (QED) is 0.708. The Morgan fingerprint density at radius 3 is 2.65 bits per heavy atom. The van der Waals surface area contributed by atoms with Crippen molar-refractivity contribution in [2.75, 3.05) is 18.4 Å². The van der Waals surface area contributed by atoms with Gasteiger partial charge in [-0.3, -0.25) is 9.59 Å². The summed E-state index contributed by atoms with van der Waals surface area (Å²) < 4.78 is 15.2. The van der Waals surface area contributed by atoms with Gasteiger partial charge in [-0.1, -0.05) is 23.8 Å². The maximum Gasteiger partial charge on any atom is 0.293 e. The van der Waals surface area contributed by atoms with Gasteiger partial charge < -0.3 is 14.8 Å². The van der Waals surface area contributed by atoms with E-state index in [1.807, 2.05) is 40.7 Å². The van der Waals surface area contributed by atoms with Crippen LogP contribution in [0.5, 0.6) is 0 Å². The Balaban J connectivity index is 1.31. The Morgan fingerprint density at radius 2 is 1.84 bits per heavy atom. The smallest absolute Gasteiger partial charge is 0.293 e. The van der Waals surface area contributed by atoms with Gasteiger partial charge in [0.2, 0.25) is 5.82 Å². The van der Waals surface area contributed by atoms with Crippen molar-refractivity contribution in [2.45, 2.75) is 19.9 Å². The highest BCUT2D eigenvalue weighted by atomic mass is 19.1. The van der Waals surface area contributed by atoms with E-state index in [0.29, 0.717) is 43.2 Å². The summed E-state index contributed by atoms with van der Waals surface area (Å²) >= 11 is 0. The van der Waals surface area contributed by atoms with E-state index in [4.69, 9.17) is 0 Å². The number of rotatable bonds is 3. The molecule has 1 fully saturated rings. The topological polar surface area (TPSA) is 80.1 Å². The lowest BCUT2D eigenvalue weighted by atomic mass is 9.89. The molecule has 7 nitrogen and oxygen atoms in total. The molecule has 2 amide bonds. The van der Waals surface area contributed by atoms with Gasteiger partial charge in [0.25, 0.3) is 11.8 Å². The molecule has 2 aromatic carbocycles. The molecule has 0 unspecified atom stereocenters. The number of carbonyl (C=O) groups is 2. The Labute approximate surface area is 178 Å². The van der Waals surface area contributed by atoms with E-state index in [2.05, 4.69) is 15.5 Å². The van der Waals surface area contributed by atoms with Gasteiger partial charge >= 0.3 is 0 Å². The van der Waals surface area contributed by atoms with Crippen molar-refractivity contribution < 1.29 is 14.0 Å². The first-order valence-corrected chi connectivity index (χ1v) is 10.3. The molecule has 3 aromatic rings. The molecule has 0 radical (unpaired) electrons. The van der Waals surface area contributed by atoms with Crippen molar-refractivity contribution >= 4 is 17.5 Å². The van der Waals surface area contributed by atoms with Crippen LogP contribution in [0.4, 0.5) is 10.1 Å². The summed E-state index contributed by atoms with van der Waals surface area (Å²) in [5.74, 6) is 0.680. The van der Waals surface area contributed by atoms with Crippen molar-refractivity contribution in [2.24, 2.45) is 11.8 Å². The maximum atomic E-state index is 13.4. The summed E-state index contributed by atoms with van der Waals surface area (Å²) in [6.45, 7) is 3.87. The van der Waals surface area contributed by atoms with Gasteiger partial charge in [0.15, 0.2) is 0 Å². The number of aromatic nitrogens is 3. The molecule has 1 N–H and O–H groups in total. The summed E-state index contributed by atoms with van der Waals surface area (Å²) in [6, 6.07) is 13.4. The van der Waals surface area contributed by atoms with E-state index >= 15 is 0 Å². The van der Waals surface area contributed by atoms with Crippen molar-refractivity contribution in [1.29, 1.82) is 0 Å². The highest BCUT2D eigenvalue weighted by molar-refractivity contribution is 6.01. The van der Waals surface area contributed by atoms with Crippen LogP contribution in [-0.4, -0.2) is 44.6 Å². The van der Waals surface area contributed by atoms with Crippen molar-refractivity contribution in [3.05, 3.63) is 77.1 Å². The number of halogens is 1. The van der Waals surface area contributed by atoms with Crippen molar-refractivity contribution in [3.8, 4) is 0 Å². The van der Waals surface area contributed by atoms with Crippen LogP contribution in [0.2, 0.25) is 0 Å².